The van der Waals surface area contributed by atoms with Gasteiger partial charge in [-0.25, -0.2) is 22.1 Å². The molecular formula is C24H29FN6O3S. The number of guanidine groups is 1. The van der Waals surface area contributed by atoms with Crippen LogP contribution in [0.1, 0.15) is 38.7 Å². The fourth-order valence-electron chi connectivity index (χ4n) is 4.48. The lowest BCUT2D eigenvalue weighted by atomic mass is 9.81. The normalized spacial score (nSPS) is 21.6. The van der Waals surface area contributed by atoms with Gasteiger partial charge in [0.2, 0.25) is 16.0 Å². The lowest BCUT2D eigenvalue weighted by Crippen LogP contribution is -2.66. The number of benzene rings is 1. The van der Waals surface area contributed by atoms with Crippen molar-refractivity contribution in [1.82, 2.24) is 19.6 Å². The molecular weight excluding hydrogens is 471 g/mol. The van der Waals surface area contributed by atoms with Crippen LogP contribution in [0, 0.1) is 11.2 Å². The molecule has 2 aromatic heterocycles. The van der Waals surface area contributed by atoms with Gasteiger partial charge < -0.3 is 15.4 Å². The molecule has 0 saturated carbocycles. The van der Waals surface area contributed by atoms with E-state index in [1.54, 1.807) is 50.7 Å². The zero-order valence-corrected chi connectivity index (χ0v) is 20.9. The van der Waals surface area contributed by atoms with Crippen LogP contribution in [0.4, 0.5) is 15.8 Å². The molecule has 0 amide bonds. The monoisotopic (exact) mass is 500 g/mol. The summed E-state index contributed by atoms with van der Waals surface area (Å²) in [5.74, 6) is -0.244. The van der Waals surface area contributed by atoms with E-state index >= 15 is 4.39 Å². The molecule has 9 nitrogen and oxygen atoms in total. The molecule has 3 N–H and O–H groups in total. The molecule has 0 unspecified atom stereocenters. The SMILES string of the molecule is CCCC[C@]1(c2cc(Nc3ccnc4cc(OC)cnc34)ccc2F)NC(=N)N(C)S(=O)(=O)[C@@H]1C. The van der Waals surface area contributed by atoms with Crippen molar-refractivity contribution in [3.63, 3.8) is 0 Å². The fraction of sp³-hybridized carbons (Fsp3) is 0.375. The van der Waals surface area contributed by atoms with E-state index in [-0.39, 0.29) is 11.5 Å². The summed E-state index contributed by atoms with van der Waals surface area (Å²) in [6.07, 6.45) is 5.01. The molecule has 0 bridgehead atoms. The number of sulfonamides is 1. The Morgan fingerprint density at radius 1 is 1.29 bits per heavy atom. The maximum atomic E-state index is 15.4. The molecule has 2 atom stereocenters. The molecule has 1 aliphatic heterocycles. The summed E-state index contributed by atoms with van der Waals surface area (Å²) in [6.45, 7) is 3.55. The van der Waals surface area contributed by atoms with Gasteiger partial charge in [-0.05, 0) is 37.6 Å². The van der Waals surface area contributed by atoms with Gasteiger partial charge in [0, 0.05) is 30.6 Å². The third kappa shape index (κ3) is 4.24. The van der Waals surface area contributed by atoms with E-state index in [0.29, 0.717) is 41.0 Å². The number of rotatable bonds is 7. The summed E-state index contributed by atoms with van der Waals surface area (Å²) < 4.78 is 47.8. The number of nitrogens with zero attached hydrogens (tertiary/aromatic N) is 3. The molecule has 1 aliphatic rings. The minimum Gasteiger partial charge on any atom is -0.495 e. The highest BCUT2D eigenvalue weighted by atomic mass is 32.2. The molecule has 186 valence electrons. The van der Waals surface area contributed by atoms with Gasteiger partial charge in [0.25, 0.3) is 0 Å². The van der Waals surface area contributed by atoms with Crippen LogP contribution < -0.4 is 15.4 Å². The molecule has 0 aliphatic carbocycles. The van der Waals surface area contributed by atoms with Crippen LogP contribution in [0.2, 0.25) is 0 Å². The molecule has 0 spiro atoms. The third-order valence-electron chi connectivity index (χ3n) is 6.62. The van der Waals surface area contributed by atoms with Crippen LogP contribution in [0.25, 0.3) is 11.0 Å². The number of ether oxygens (including phenoxy) is 1. The second-order valence-electron chi connectivity index (χ2n) is 8.62. The van der Waals surface area contributed by atoms with E-state index < -0.39 is 26.6 Å². The van der Waals surface area contributed by atoms with Crippen molar-refractivity contribution in [3.8, 4) is 5.75 Å². The molecule has 4 rings (SSSR count). The average Bonchev–Trinajstić information content (AvgIpc) is 2.85. The van der Waals surface area contributed by atoms with Crippen molar-refractivity contribution in [2.45, 2.75) is 43.9 Å². The van der Waals surface area contributed by atoms with Crippen LogP contribution in [-0.2, 0) is 15.6 Å². The van der Waals surface area contributed by atoms with E-state index in [2.05, 4.69) is 20.6 Å². The molecule has 35 heavy (non-hydrogen) atoms. The molecule has 1 fully saturated rings. The number of anilines is 2. The predicted molar refractivity (Wildman–Crippen MR) is 134 cm³/mol. The van der Waals surface area contributed by atoms with Crippen LogP contribution in [0.5, 0.6) is 5.75 Å². The number of halogens is 1. The number of hydrogen-bond acceptors (Lipinski definition) is 7. The lowest BCUT2D eigenvalue weighted by Gasteiger charge is -2.47. The van der Waals surface area contributed by atoms with E-state index in [1.165, 1.54) is 13.1 Å². The third-order valence-corrected chi connectivity index (χ3v) is 8.86. The van der Waals surface area contributed by atoms with E-state index in [1.807, 2.05) is 6.92 Å². The van der Waals surface area contributed by atoms with Gasteiger partial charge in [0.05, 0.1) is 30.0 Å². The first-order valence-corrected chi connectivity index (χ1v) is 12.8. The second kappa shape index (κ2) is 9.29. The number of pyridine rings is 2. The van der Waals surface area contributed by atoms with Crippen molar-refractivity contribution >= 4 is 38.4 Å². The molecule has 3 aromatic rings. The number of methoxy groups -OCH3 is 1. The number of hydrogen-bond donors (Lipinski definition) is 3. The molecule has 3 heterocycles. The highest BCUT2D eigenvalue weighted by molar-refractivity contribution is 7.90. The van der Waals surface area contributed by atoms with Gasteiger partial charge in [-0.3, -0.25) is 10.4 Å². The zero-order chi connectivity index (χ0) is 25.4. The molecule has 1 saturated heterocycles. The fourth-order valence-corrected chi connectivity index (χ4v) is 6.06. The Morgan fingerprint density at radius 2 is 2.06 bits per heavy atom. The summed E-state index contributed by atoms with van der Waals surface area (Å²) in [7, 11) is -0.988. The van der Waals surface area contributed by atoms with Crippen LogP contribution in [-0.4, -0.2) is 48.1 Å². The quantitative estimate of drug-likeness (QED) is 0.447. The van der Waals surface area contributed by atoms with Gasteiger partial charge >= 0.3 is 0 Å². The number of fused-ring (bicyclic) bond motifs is 1. The standard InChI is InChI=1S/C24H29FN6O3S/c1-5-6-10-24(15(2)35(32,33)31(3)23(26)30-24)18-12-16(7-8-19(18)25)29-20-9-11-27-21-13-17(34-4)14-28-22(20)21/h7-9,11-15H,5-6,10H2,1-4H3,(H2,26,30)(H,27,29)/t15-,24+/m1/s1. The first-order chi connectivity index (χ1) is 16.6. The molecule has 11 heteroatoms. The Kier molecular flexibility index (Phi) is 6.54. The Labute approximate surface area is 204 Å². The molecule has 1 aromatic carbocycles. The Balaban J connectivity index is 1.81. The Bertz CT molecular complexity index is 1380. The Hall–Kier alpha value is -3.47. The van der Waals surface area contributed by atoms with Crippen molar-refractivity contribution in [3.05, 3.63) is 54.1 Å². The number of unbranched alkanes of at least 4 members (excludes halogenated alkanes) is 1. The van der Waals surface area contributed by atoms with E-state index in [0.717, 1.165) is 10.7 Å². The van der Waals surface area contributed by atoms with Gasteiger partial charge in [-0.1, -0.05) is 19.8 Å². The summed E-state index contributed by atoms with van der Waals surface area (Å²) in [6, 6.07) is 8.03. The van der Waals surface area contributed by atoms with Crippen molar-refractivity contribution in [2.75, 3.05) is 19.5 Å². The van der Waals surface area contributed by atoms with Gasteiger partial charge in [0.1, 0.15) is 22.3 Å². The summed E-state index contributed by atoms with van der Waals surface area (Å²) >= 11 is 0. The lowest BCUT2D eigenvalue weighted by molar-refractivity contribution is 0.295. The predicted octanol–water partition coefficient (Wildman–Crippen LogP) is 4.09. The topological polar surface area (TPSA) is 120 Å². The number of aromatic nitrogens is 2. The van der Waals surface area contributed by atoms with Gasteiger partial charge in [-0.15, -0.1) is 0 Å². The van der Waals surface area contributed by atoms with E-state index in [9.17, 15) is 8.42 Å². The van der Waals surface area contributed by atoms with Crippen LogP contribution in [0.3, 0.4) is 0 Å². The van der Waals surface area contributed by atoms with Crippen molar-refractivity contribution < 1.29 is 17.5 Å². The molecule has 0 radical (unpaired) electrons. The Morgan fingerprint density at radius 3 is 2.77 bits per heavy atom. The minimum absolute atomic E-state index is 0.192. The van der Waals surface area contributed by atoms with Crippen molar-refractivity contribution in [1.29, 1.82) is 5.41 Å². The summed E-state index contributed by atoms with van der Waals surface area (Å²) in [5.41, 5.74) is 1.34. The largest absolute Gasteiger partial charge is 0.495 e. The van der Waals surface area contributed by atoms with Crippen LogP contribution >= 0.6 is 0 Å². The van der Waals surface area contributed by atoms with E-state index in [4.69, 9.17) is 10.1 Å². The first kappa shape index (κ1) is 24.6. The van der Waals surface area contributed by atoms with Gasteiger partial charge in [-0.2, -0.15) is 0 Å². The smallest absolute Gasteiger partial charge is 0.242 e. The highest BCUT2D eigenvalue weighted by Gasteiger charge is 2.52. The first-order valence-electron chi connectivity index (χ1n) is 11.3. The minimum atomic E-state index is -3.87. The summed E-state index contributed by atoms with van der Waals surface area (Å²) in [5, 5.41) is 13.6. The maximum absolute atomic E-state index is 15.4. The highest BCUT2D eigenvalue weighted by Crippen LogP contribution is 2.41. The zero-order valence-electron chi connectivity index (χ0n) is 20.1. The summed E-state index contributed by atoms with van der Waals surface area (Å²) in [4.78, 5) is 8.77. The number of nitrogens with one attached hydrogen (secondary N) is 3. The average molecular weight is 501 g/mol. The maximum Gasteiger partial charge on any atom is 0.242 e. The second-order valence-corrected chi connectivity index (χ2v) is 10.9. The van der Waals surface area contributed by atoms with Crippen LogP contribution in [0.15, 0.2) is 42.7 Å². The van der Waals surface area contributed by atoms with Gasteiger partial charge in [0.15, 0.2) is 0 Å². The van der Waals surface area contributed by atoms with Crippen molar-refractivity contribution in [2.24, 2.45) is 0 Å².